The van der Waals surface area contributed by atoms with E-state index in [1.807, 2.05) is 6.07 Å². The predicted molar refractivity (Wildman–Crippen MR) is 72.7 cm³/mol. The van der Waals surface area contributed by atoms with E-state index in [1.54, 1.807) is 24.3 Å². The molecule has 1 aliphatic heterocycles. The van der Waals surface area contributed by atoms with Crippen molar-refractivity contribution < 1.29 is 23.5 Å². The van der Waals surface area contributed by atoms with Crippen molar-refractivity contribution in [3.05, 3.63) is 41.6 Å². The van der Waals surface area contributed by atoms with Gasteiger partial charge in [0.2, 0.25) is 0 Å². The third kappa shape index (κ3) is 3.12. The molecule has 1 aromatic carbocycles. The molecule has 0 radical (unpaired) electrons. The molecule has 1 aliphatic rings. The molecular formula is C15H15NO5. The zero-order chi connectivity index (χ0) is 14.7. The third-order valence-electron chi connectivity index (χ3n) is 3.22. The van der Waals surface area contributed by atoms with Gasteiger partial charge < -0.3 is 18.7 Å². The highest BCUT2D eigenvalue weighted by Gasteiger charge is 2.19. The molecular weight excluding hydrogens is 274 g/mol. The number of esters is 1. The maximum atomic E-state index is 11.4. The van der Waals surface area contributed by atoms with Crippen LogP contribution in [0.5, 0.6) is 0 Å². The molecule has 2 aromatic rings. The lowest BCUT2D eigenvalue weighted by molar-refractivity contribution is -0.0410. The summed E-state index contributed by atoms with van der Waals surface area (Å²) >= 11 is 0. The normalized spacial score (nSPS) is 15.3. The molecule has 0 aliphatic carbocycles. The van der Waals surface area contributed by atoms with Gasteiger partial charge in [0.05, 0.1) is 31.6 Å². The van der Waals surface area contributed by atoms with Crippen molar-refractivity contribution in [1.29, 1.82) is 0 Å². The molecule has 1 fully saturated rings. The second kappa shape index (κ2) is 6.07. The SMILES string of the molecule is COC(=O)c1ccc(-c2cc(CC3OCCO3)no2)cc1. The molecule has 0 amide bonds. The minimum absolute atomic E-state index is 0.246. The maximum Gasteiger partial charge on any atom is 0.337 e. The maximum absolute atomic E-state index is 11.4. The summed E-state index contributed by atoms with van der Waals surface area (Å²) in [5.74, 6) is 0.273. The van der Waals surface area contributed by atoms with Crippen LogP contribution in [0.2, 0.25) is 0 Å². The fraction of sp³-hybridized carbons (Fsp3) is 0.333. The zero-order valence-corrected chi connectivity index (χ0v) is 11.6. The minimum Gasteiger partial charge on any atom is -0.465 e. The van der Waals surface area contributed by atoms with Crippen LogP contribution in [0.15, 0.2) is 34.9 Å². The van der Waals surface area contributed by atoms with Gasteiger partial charge in [-0.25, -0.2) is 4.79 Å². The summed E-state index contributed by atoms with van der Waals surface area (Å²) in [6.07, 6.45) is 0.314. The van der Waals surface area contributed by atoms with Gasteiger partial charge in [-0.15, -0.1) is 0 Å². The van der Waals surface area contributed by atoms with E-state index in [0.29, 0.717) is 31.0 Å². The number of methoxy groups -OCH3 is 1. The van der Waals surface area contributed by atoms with E-state index in [2.05, 4.69) is 9.89 Å². The molecule has 1 saturated heterocycles. The minimum atomic E-state index is -0.365. The molecule has 6 nitrogen and oxygen atoms in total. The summed E-state index contributed by atoms with van der Waals surface area (Å²) in [4.78, 5) is 11.4. The number of benzene rings is 1. The second-order valence-corrected chi connectivity index (χ2v) is 4.63. The van der Waals surface area contributed by atoms with E-state index in [4.69, 9.17) is 14.0 Å². The van der Waals surface area contributed by atoms with Crippen molar-refractivity contribution in [3.8, 4) is 11.3 Å². The monoisotopic (exact) mass is 289 g/mol. The molecule has 3 rings (SSSR count). The van der Waals surface area contributed by atoms with Gasteiger partial charge in [0.25, 0.3) is 0 Å². The molecule has 110 valence electrons. The Morgan fingerprint density at radius 3 is 2.67 bits per heavy atom. The van der Waals surface area contributed by atoms with Crippen LogP contribution in [0, 0.1) is 0 Å². The topological polar surface area (TPSA) is 70.8 Å². The van der Waals surface area contributed by atoms with Crippen LogP contribution < -0.4 is 0 Å². The second-order valence-electron chi connectivity index (χ2n) is 4.63. The van der Waals surface area contributed by atoms with E-state index in [-0.39, 0.29) is 12.3 Å². The number of hydrogen-bond donors (Lipinski definition) is 0. The number of hydrogen-bond acceptors (Lipinski definition) is 6. The first-order valence-corrected chi connectivity index (χ1v) is 6.64. The number of carbonyl (C=O) groups excluding carboxylic acids is 1. The average molecular weight is 289 g/mol. The van der Waals surface area contributed by atoms with Crippen molar-refractivity contribution in [2.45, 2.75) is 12.7 Å². The molecule has 6 heteroatoms. The number of ether oxygens (including phenoxy) is 3. The van der Waals surface area contributed by atoms with E-state index in [1.165, 1.54) is 7.11 Å². The smallest absolute Gasteiger partial charge is 0.337 e. The summed E-state index contributed by atoms with van der Waals surface area (Å²) in [5, 5.41) is 4.00. The van der Waals surface area contributed by atoms with Gasteiger partial charge >= 0.3 is 5.97 Å². The van der Waals surface area contributed by atoms with Crippen molar-refractivity contribution in [3.63, 3.8) is 0 Å². The van der Waals surface area contributed by atoms with Crippen LogP contribution >= 0.6 is 0 Å². The number of nitrogens with zero attached hydrogens (tertiary/aromatic N) is 1. The van der Waals surface area contributed by atoms with Crippen molar-refractivity contribution in [2.75, 3.05) is 20.3 Å². The Bertz CT molecular complexity index is 613. The Hall–Kier alpha value is -2.18. The summed E-state index contributed by atoms with van der Waals surface area (Å²) < 4.78 is 20.7. The van der Waals surface area contributed by atoms with Crippen molar-refractivity contribution in [2.24, 2.45) is 0 Å². The van der Waals surface area contributed by atoms with Crippen molar-refractivity contribution >= 4 is 5.97 Å². The molecule has 0 N–H and O–H groups in total. The number of aromatic nitrogens is 1. The summed E-state index contributed by atoms with van der Waals surface area (Å²) in [7, 11) is 1.35. The first-order chi connectivity index (χ1) is 10.3. The molecule has 0 saturated carbocycles. The molecule has 1 aromatic heterocycles. The van der Waals surface area contributed by atoms with E-state index in [0.717, 1.165) is 11.3 Å². The lowest BCUT2D eigenvalue weighted by atomic mass is 10.1. The molecule has 0 bridgehead atoms. The quantitative estimate of drug-likeness (QED) is 0.802. The van der Waals surface area contributed by atoms with Crippen LogP contribution in [-0.4, -0.2) is 37.7 Å². The van der Waals surface area contributed by atoms with E-state index >= 15 is 0 Å². The Balaban J connectivity index is 1.71. The fourth-order valence-corrected chi connectivity index (χ4v) is 2.13. The van der Waals surface area contributed by atoms with Crippen LogP contribution in [0.1, 0.15) is 16.1 Å². The lowest BCUT2D eigenvalue weighted by Gasteiger charge is -2.04. The van der Waals surface area contributed by atoms with Gasteiger partial charge in [-0.2, -0.15) is 0 Å². The summed E-state index contributed by atoms with van der Waals surface area (Å²) in [6, 6.07) is 8.80. The van der Waals surface area contributed by atoms with Crippen LogP contribution in [0.3, 0.4) is 0 Å². The van der Waals surface area contributed by atoms with E-state index in [9.17, 15) is 4.79 Å². The number of rotatable bonds is 4. The Morgan fingerprint density at radius 1 is 1.29 bits per heavy atom. The van der Waals surface area contributed by atoms with Crippen LogP contribution in [0.25, 0.3) is 11.3 Å². The number of carbonyl (C=O) groups is 1. The van der Waals surface area contributed by atoms with Crippen LogP contribution in [0.4, 0.5) is 0 Å². The van der Waals surface area contributed by atoms with Gasteiger partial charge in [-0.3, -0.25) is 0 Å². The highest BCUT2D eigenvalue weighted by atomic mass is 16.7. The molecule has 21 heavy (non-hydrogen) atoms. The third-order valence-corrected chi connectivity index (χ3v) is 3.22. The highest BCUT2D eigenvalue weighted by molar-refractivity contribution is 5.89. The van der Waals surface area contributed by atoms with Gasteiger partial charge in [0, 0.05) is 18.1 Å². The molecule has 0 unspecified atom stereocenters. The Labute approximate surface area is 121 Å². The van der Waals surface area contributed by atoms with Gasteiger partial charge in [0.1, 0.15) is 0 Å². The molecule has 0 spiro atoms. The average Bonchev–Trinajstić information content (AvgIpc) is 3.19. The summed E-state index contributed by atoms with van der Waals surface area (Å²) in [5.41, 5.74) is 2.11. The first-order valence-electron chi connectivity index (χ1n) is 6.64. The molecule has 2 heterocycles. The largest absolute Gasteiger partial charge is 0.465 e. The van der Waals surface area contributed by atoms with Crippen molar-refractivity contribution in [1.82, 2.24) is 5.16 Å². The standard InChI is InChI=1S/C15H15NO5/c1-18-15(17)11-4-2-10(3-5-11)13-8-12(16-21-13)9-14-19-6-7-20-14/h2-5,8,14H,6-7,9H2,1H3. The van der Waals surface area contributed by atoms with Crippen LogP contribution in [-0.2, 0) is 20.6 Å². The fourth-order valence-electron chi connectivity index (χ4n) is 2.13. The molecule has 0 atom stereocenters. The Morgan fingerprint density at radius 2 is 2.00 bits per heavy atom. The van der Waals surface area contributed by atoms with E-state index < -0.39 is 0 Å². The lowest BCUT2D eigenvalue weighted by Crippen LogP contribution is -2.11. The van der Waals surface area contributed by atoms with Gasteiger partial charge in [0.15, 0.2) is 12.1 Å². The van der Waals surface area contributed by atoms with Gasteiger partial charge in [-0.05, 0) is 12.1 Å². The Kier molecular flexibility index (Phi) is 3.98. The predicted octanol–water partition coefficient (Wildman–Crippen LogP) is 2.04. The first kappa shape index (κ1) is 13.8. The summed E-state index contributed by atoms with van der Waals surface area (Å²) in [6.45, 7) is 1.23. The zero-order valence-electron chi connectivity index (χ0n) is 11.6. The highest BCUT2D eigenvalue weighted by Crippen LogP contribution is 2.22. The van der Waals surface area contributed by atoms with Gasteiger partial charge in [-0.1, -0.05) is 17.3 Å².